The van der Waals surface area contributed by atoms with Crippen LogP contribution in [0.15, 0.2) is 24.4 Å². The highest BCUT2D eigenvalue weighted by Gasteiger charge is 2.14. The minimum atomic E-state index is -1.45. The molecule has 0 atom stereocenters. The Balaban J connectivity index is 2.70. The SMILES string of the molecule is [B]C([B])([B])n1ncc2cc(C)ccc21. The van der Waals surface area contributed by atoms with Gasteiger partial charge in [-0.25, -0.2) is 0 Å². The van der Waals surface area contributed by atoms with Gasteiger partial charge < -0.3 is 0 Å². The molecule has 1 heterocycles. The Hall–Kier alpha value is -1.12. The van der Waals surface area contributed by atoms with Crippen LogP contribution in [-0.4, -0.2) is 33.3 Å². The van der Waals surface area contributed by atoms with Crippen molar-refractivity contribution in [1.29, 1.82) is 0 Å². The largest absolute Gasteiger partial charge is 0.285 e. The van der Waals surface area contributed by atoms with E-state index in [1.807, 2.05) is 25.1 Å². The van der Waals surface area contributed by atoms with Crippen LogP contribution >= 0.6 is 0 Å². The highest BCUT2D eigenvalue weighted by atomic mass is 15.3. The summed E-state index contributed by atoms with van der Waals surface area (Å²) < 4.78 is 1.40. The van der Waals surface area contributed by atoms with Crippen LogP contribution in [0, 0.1) is 6.92 Å². The van der Waals surface area contributed by atoms with Gasteiger partial charge in [0.1, 0.15) is 0 Å². The predicted molar refractivity (Wildman–Crippen MR) is 59.7 cm³/mol. The highest BCUT2D eigenvalue weighted by Crippen LogP contribution is 2.18. The molecule has 0 unspecified atom stereocenters. The molecule has 1 aromatic carbocycles. The van der Waals surface area contributed by atoms with E-state index in [0.717, 1.165) is 16.5 Å². The summed E-state index contributed by atoms with van der Waals surface area (Å²) in [5, 5.41) is 3.58. The van der Waals surface area contributed by atoms with E-state index >= 15 is 0 Å². The van der Waals surface area contributed by atoms with E-state index in [1.165, 1.54) is 4.68 Å². The van der Waals surface area contributed by atoms with E-state index in [2.05, 4.69) is 5.10 Å². The summed E-state index contributed by atoms with van der Waals surface area (Å²) in [5.74, 6) is 0. The number of hydrogen-bond donors (Lipinski definition) is 0. The normalized spacial score (nSPS) is 12.1. The molecule has 14 heavy (non-hydrogen) atoms. The first-order valence-electron chi connectivity index (χ1n) is 4.30. The van der Waals surface area contributed by atoms with Gasteiger partial charge in [0.05, 0.1) is 35.3 Å². The van der Waals surface area contributed by atoms with E-state index in [1.54, 1.807) is 6.20 Å². The second kappa shape index (κ2) is 2.94. The van der Waals surface area contributed by atoms with Crippen molar-refractivity contribution in [3.63, 3.8) is 0 Å². The molecule has 0 aliphatic carbocycles. The van der Waals surface area contributed by atoms with Gasteiger partial charge in [0.15, 0.2) is 0 Å². The average molecular weight is 176 g/mol. The third-order valence-corrected chi connectivity index (χ3v) is 2.09. The summed E-state index contributed by atoms with van der Waals surface area (Å²) >= 11 is 0. The van der Waals surface area contributed by atoms with Crippen LogP contribution in [0.25, 0.3) is 10.9 Å². The van der Waals surface area contributed by atoms with E-state index < -0.39 is 5.24 Å². The number of aryl methyl sites for hydroxylation is 1. The molecule has 5 heteroatoms. The number of fused-ring (bicyclic) bond motifs is 1. The molecule has 0 bridgehead atoms. The Morgan fingerprint density at radius 2 is 2.00 bits per heavy atom. The second-order valence-electron chi connectivity index (χ2n) is 3.51. The van der Waals surface area contributed by atoms with Crippen molar-refractivity contribution >= 4 is 34.4 Å². The van der Waals surface area contributed by atoms with Crippen LogP contribution in [-0.2, 0) is 5.24 Å². The lowest BCUT2D eigenvalue weighted by Crippen LogP contribution is -2.35. The van der Waals surface area contributed by atoms with Crippen LogP contribution in [0.5, 0.6) is 0 Å². The topological polar surface area (TPSA) is 17.8 Å². The Morgan fingerprint density at radius 3 is 2.64 bits per heavy atom. The van der Waals surface area contributed by atoms with E-state index in [4.69, 9.17) is 23.5 Å². The maximum Gasteiger partial charge on any atom is 0.0801 e. The number of benzene rings is 1. The Bertz CT molecular complexity index is 470. The van der Waals surface area contributed by atoms with E-state index in [9.17, 15) is 0 Å². The molecule has 0 fully saturated rings. The minimum Gasteiger partial charge on any atom is -0.285 e. The molecule has 0 aliphatic heterocycles. The second-order valence-corrected chi connectivity index (χ2v) is 3.51. The lowest BCUT2D eigenvalue weighted by atomic mass is 9.49. The number of nitrogens with zero attached hydrogens (tertiary/aromatic N) is 2. The third kappa shape index (κ3) is 1.47. The molecule has 62 valence electrons. The molecule has 1 aromatic heterocycles. The number of hydrogen-bond acceptors (Lipinski definition) is 1. The summed E-state index contributed by atoms with van der Waals surface area (Å²) in [7, 11) is 16.7. The van der Waals surface area contributed by atoms with Gasteiger partial charge in [0, 0.05) is 5.39 Å². The summed E-state index contributed by atoms with van der Waals surface area (Å²) in [6.07, 6.45) is 1.70. The van der Waals surface area contributed by atoms with E-state index in [-0.39, 0.29) is 0 Å². The summed E-state index contributed by atoms with van der Waals surface area (Å²) in [5.41, 5.74) is 2.00. The van der Waals surface area contributed by atoms with Gasteiger partial charge in [-0.15, -0.1) is 0 Å². The van der Waals surface area contributed by atoms with Gasteiger partial charge >= 0.3 is 0 Å². The Kier molecular flexibility index (Phi) is 1.98. The quantitative estimate of drug-likeness (QED) is 0.575. The van der Waals surface area contributed by atoms with Gasteiger partial charge in [-0.05, 0) is 24.3 Å². The van der Waals surface area contributed by atoms with Gasteiger partial charge in [-0.3, -0.25) is 4.68 Å². The van der Waals surface area contributed by atoms with Crippen molar-refractivity contribution in [3.8, 4) is 0 Å². The summed E-state index contributed by atoms with van der Waals surface area (Å²) in [6, 6.07) is 5.87. The maximum absolute atomic E-state index is 5.56. The zero-order valence-electron chi connectivity index (χ0n) is 7.94. The molecule has 0 amide bonds. The molecule has 6 radical (unpaired) electrons. The molecule has 0 saturated heterocycles. The van der Waals surface area contributed by atoms with Crippen molar-refractivity contribution in [3.05, 3.63) is 30.0 Å². The fourth-order valence-corrected chi connectivity index (χ4v) is 1.46. The highest BCUT2D eigenvalue weighted by molar-refractivity contribution is 6.56. The number of aromatic nitrogens is 2. The molecule has 2 aromatic rings. The van der Waals surface area contributed by atoms with Gasteiger partial charge in [0.2, 0.25) is 0 Å². The monoisotopic (exact) mass is 176 g/mol. The van der Waals surface area contributed by atoms with Crippen LogP contribution in [0.2, 0.25) is 0 Å². The van der Waals surface area contributed by atoms with E-state index in [0.29, 0.717) is 0 Å². The first-order valence-corrected chi connectivity index (χ1v) is 4.30. The first kappa shape index (κ1) is 9.44. The van der Waals surface area contributed by atoms with Gasteiger partial charge in [-0.1, -0.05) is 11.6 Å². The fourth-order valence-electron chi connectivity index (χ4n) is 1.46. The standard InChI is InChI=1S/C9H7B3N2/c1-6-2-3-8-7(4-6)5-13-14(8)9(10,11)12/h2-5H,1H3. The summed E-state index contributed by atoms with van der Waals surface area (Å²) in [4.78, 5) is 0. The zero-order valence-corrected chi connectivity index (χ0v) is 7.94. The van der Waals surface area contributed by atoms with Crippen LogP contribution in [0.3, 0.4) is 0 Å². The third-order valence-electron chi connectivity index (χ3n) is 2.09. The number of rotatable bonds is 1. The lowest BCUT2D eigenvalue weighted by molar-refractivity contribution is 0.697. The van der Waals surface area contributed by atoms with Crippen LogP contribution in [0.4, 0.5) is 0 Å². The fraction of sp³-hybridized carbons (Fsp3) is 0.222. The Morgan fingerprint density at radius 1 is 1.29 bits per heavy atom. The molecule has 2 nitrogen and oxygen atoms in total. The van der Waals surface area contributed by atoms with Crippen LogP contribution < -0.4 is 0 Å². The molecule has 0 spiro atoms. The molecular formula is C9H7B3N2. The molecule has 2 rings (SSSR count). The Labute approximate surface area is 86.9 Å². The smallest absolute Gasteiger partial charge is 0.0801 e. The van der Waals surface area contributed by atoms with Gasteiger partial charge in [-0.2, -0.15) is 5.10 Å². The zero-order chi connectivity index (χ0) is 10.3. The molecule has 0 saturated carbocycles. The summed E-state index contributed by atoms with van der Waals surface area (Å²) in [6.45, 7) is 2.01. The van der Waals surface area contributed by atoms with Crippen molar-refractivity contribution in [2.75, 3.05) is 0 Å². The lowest BCUT2D eigenvalue weighted by Gasteiger charge is -2.22. The van der Waals surface area contributed by atoms with Crippen molar-refractivity contribution in [2.45, 2.75) is 12.2 Å². The van der Waals surface area contributed by atoms with Crippen molar-refractivity contribution in [2.24, 2.45) is 0 Å². The molecular weight excluding hydrogens is 169 g/mol. The van der Waals surface area contributed by atoms with Crippen molar-refractivity contribution in [1.82, 2.24) is 9.78 Å². The van der Waals surface area contributed by atoms with Crippen molar-refractivity contribution < 1.29 is 0 Å². The molecule has 0 aliphatic rings. The maximum atomic E-state index is 5.56. The first-order chi connectivity index (χ1) is 6.48. The van der Waals surface area contributed by atoms with Gasteiger partial charge in [0.25, 0.3) is 0 Å². The minimum absolute atomic E-state index is 0.836. The van der Waals surface area contributed by atoms with Crippen LogP contribution in [0.1, 0.15) is 5.56 Å². The average Bonchev–Trinajstić information content (AvgIpc) is 2.45. The molecule has 0 N–H and O–H groups in total. The predicted octanol–water partition coefficient (Wildman–Crippen LogP) is 0.418.